The molecule has 2 heterocycles. The fraction of sp³-hybridized carbons (Fsp3) is 0.565. The Kier molecular flexibility index (Phi) is 5.82. The largest absolute Gasteiger partial charge is 0.444 e. The molecule has 2 aromatic rings. The molecule has 0 spiro atoms. The molecule has 2 aliphatic rings. The molecule has 1 unspecified atom stereocenters. The van der Waals surface area contributed by atoms with Gasteiger partial charge in [0.1, 0.15) is 5.60 Å². The minimum atomic E-state index is -3.36. The summed E-state index contributed by atoms with van der Waals surface area (Å²) in [5.41, 5.74) is 3.40. The van der Waals surface area contributed by atoms with Crippen LogP contribution in [-0.4, -0.2) is 47.6 Å². The minimum absolute atomic E-state index is 0.233. The number of aryl methyl sites for hydroxylation is 1. The Morgan fingerprint density at radius 2 is 1.94 bits per heavy atom. The number of sulfonamides is 1. The van der Waals surface area contributed by atoms with E-state index in [9.17, 15) is 13.2 Å². The topological polar surface area (TPSA) is 93.5 Å². The highest BCUT2D eigenvalue weighted by molar-refractivity contribution is 7.88. The van der Waals surface area contributed by atoms with Crippen molar-refractivity contribution in [3.8, 4) is 11.3 Å². The number of nitrogens with one attached hydrogen (secondary N) is 1. The zero-order valence-corrected chi connectivity index (χ0v) is 21.5. The molecule has 1 saturated carbocycles. The lowest BCUT2D eigenvalue weighted by Crippen LogP contribution is -2.42. The number of ether oxygens (including phenoxy) is 1. The molecule has 0 bridgehead atoms. The number of hydrogen-bond acceptors (Lipinski definition) is 5. The third-order valence-electron chi connectivity index (χ3n) is 6.12. The van der Waals surface area contributed by atoms with Crippen molar-refractivity contribution in [1.29, 1.82) is 0 Å². The van der Waals surface area contributed by atoms with E-state index < -0.39 is 21.2 Å². The lowest BCUT2D eigenvalue weighted by atomic mass is 9.94. The highest BCUT2D eigenvalue weighted by Gasteiger charge is 2.47. The Bertz CT molecular complexity index is 1210. The predicted octanol–water partition coefficient (Wildman–Crippen LogP) is 4.13. The summed E-state index contributed by atoms with van der Waals surface area (Å²) in [5.74, 6) is 0. The maximum Gasteiger partial charge on any atom is 0.410 e. The molecule has 0 radical (unpaired) electrons. The van der Waals surface area contributed by atoms with Crippen LogP contribution in [0.4, 0.5) is 4.79 Å². The number of rotatable bonds is 4. The molecule has 0 saturated heterocycles. The molecule has 180 valence electrons. The van der Waals surface area contributed by atoms with Crippen LogP contribution >= 0.6 is 11.6 Å². The van der Waals surface area contributed by atoms with Gasteiger partial charge in [0.15, 0.2) is 0 Å². The molecule has 1 N–H and O–H groups in total. The molecule has 1 aliphatic heterocycles. The van der Waals surface area contributed by atoms with Gasteiger partial charge in [0.2, 0.25) is 10.0 Å². The van der Waals surface area contributed by atoms with Gasteiger partial charge in [-0.2, -0.15) is 5.10 Å². The zero-order chi connectivity index (χ0) is 24.3. The van der Waals surface area contributed by atoms with Crippen LogP contribution in [0.2, 0.25) is 5.02 Å². The highest BCUT2D eigenvalue weighted by atomic mass is 35.5. The second-order valence-electron chi connectivity index (χ2n) is 10.1. The van der Waals surface area contributed by atoms with Gasteiger partial charge in [0.05, 0.1) is 29.2 Å². The predicted molar refractivity (Wildman–Crippen MR) is 128 cm³/mol. The average molecular weight is 495 g/mol. The normalized spacial score (nSPS) is 19.8. The Hall–Kier alpha value is -2.10. The lowest BCUT2D eigenvalue weighted by molar-refractivity contribution is 0.0155. The smallest absolute Gasteiger partial charge is 0.410 e. The van der Waals surface area contributed by atoms with Crippen molar-refractivity contribution in [1.82, 2.24) is 19.4 Å². The Balaban J connectivity index is 1.70. The first-order valence-corrected chi connectivity index (χ1v) is 13.3. The number of amides is 1. The molecule has 1 aromatic carbocycles. The average Bonchev–Trinajstić information content (AvgIpc) is 3.33. The van der Waals surface area contributed by atoms with Gasteiger partial charge >= 0.3 is 6.09 Å². The first-order chi connectivity index (χ1) is 15.2. The van der Waals surface area contributed by atoms with Crippen molar-refractivity contribution in [2.24, 2.45) is 7.05 Å². The second-order valence-corrected chi connectivity index (χ2v) is 12.3. The maximum atomic E-state index is 12.7. The van der Waals surface area contributed by atoms with Crippen LogP contribution in [0, 0.1) is 0 Å². The van der Waals surface area contributed by atoms with E-state index in [-0.39, 0.29) is 12.1 Å². The highest BCUT2D eigenvalue weighted by Crippen LogP contribution is 2.48. The molecule has 33 heavy (non-hydrogen) atoms. The van der Waals surface area contributed by atoms with Crippen molar-refractivity contribution in [3.63, 3.8) is 0 Å². The number of carbonyl (C=O) groups excluding carboxylic acids is 1. The fourth-order valence-corrected chi connectivity index (χ4v) is 5.87. The van der Waals surface area contributed by atoms with E-state index in [2.05, 4.69) is 4.72 Å². The number of benzene rings is 1. The van der Waals surface area contributed by atoms with Gasteiger partial charge in [0, 0.05) is 29.7 Å². The van der Waals surface area contributed by atoms with Gasteiger partial charge in [-0.15, -0.1) is 0 Å². The number of hydrogen-bond donors (Lipinski definition) is 1. The van der Waals surface area contributed by atoms with E-state index in [0.29, 0.717) is 18.0 Å². The van der Waals surface area contributed by atoms with Crippen molar-refractivity contribution in [2.75, 3.05) is 12.8 Å². The van der Waals surface area contributed by atoms with E-state index in [0.717, 1.165) is 40.9 Å². The molecule has 10 heteroatoms. The van der Waals surface area contributed by atoms with Crippen LogP contribution in [-0.2, 0) is 33.8 Å². The summed E-state index contributed by atoms with van der Waals surface area (Å²) in [6.07, 6.45) is 2.92. The third kappa shape index (κ3) is 4.90. The van der Waals surface area contributed by atoms with E-state index >= 15 is 0 Å². The third-order valence-corrected chi connectivity index (χ3v) is 7.10. The van der Waals surface area contributed by atoms with E-state index in [1.165, 1.54) is 6.26 Å². The summed E-state index contributed by atoms with van der Waals surface area (Å²) >= 11 is 6.49. The summed E-state index contributed by atoms with van der Waals surface area (Å²) in [4.78, 5) is 14.4. The first kappa shape index (κ1) is 24.0. The number of fused-ring (bicyclic) bond motifs is 1. The van der Waals surface area contributed by atoms with Crippen LogP contribution in [0.5, 0.6) is 0 Å². The van der Waals surface area contributed by atoms with Crippen LogP contribution in [0.25, 0.3) is 11.3 Å². The number of nitrogens with zero attached hydrogens (tertiary/aromatic N) is 3. The molecular weight excluding hydrogens is 464 g/mol. The van der Waals surface area contributed by atoms with E-state index in [1.54, 1.807) is 4.90 Å². The van der Waals surface area contributed by atoms with Gasteiger partial charge in [-0.1, -0.05) is 11.6 Å². The van der Waals surface area contributed by atoms with Crippen LogP contribution < -0.4 is 4.72 Å². The Labute approximate surface area is 200 Å². The van der Waals surface area contributed by atoms with Crippen molar-refractivity contribution < 1.29 is 17.9 Å². The first-order valence-electron chi connectivity index (χ1n) is 11.0. The summed E-state index contributed by atoms with van der Waals surface area (Å²) in [6.45, 7) is 8.04. The molecule has 1 amide bonds. The quantitative estimate of drug-likeness (QED) is 0.689. The molecule has 1 fully saturated rings. The molecule has 1 aromatic heterocycles. The number of halogens is 1. The summed E-state index contributed by atoms with van der Waals surface area (Å²) < 4.78 is 34.0. The van der Waals surface area contributed by atoms with Crippen molar-refractivity contribution in [3.05, 3.63) is 40.0 Å². The molecular formula is C23H31ClN4O4S. The molecule has 4 rings (SSSR count). The molecule has 8 nitrogen and oxygen atoms in total. The van der Waals surface area contributed by atoms with Crippen LogP contribution in [0.3, 0.4) is 0 Å². The standard InChI is InChI=1S/C23H31ClN4O4S/c1-14-19-18(7-10-28(14)21(29)32-22(2,3)4)20(27(5)25-19)15-11-16(13-17(24)12-15)23(8-9-23)26-33(6,30)31/h11-14,26H,7-10H2,1-6H3. The van der Waals surface area contributed by atoms with E-state index in [1.807, 2.05) is 57.6 Å². The van der Waals surface area contributed by atoms with Gasteiger partial charge < -0.3 is 4.74 Å². The van der Waals surface area contributed by atoms with Gasteiger partial charge in [-0.25, -0.2) is 17.9 Å². The molecule has 1 atom stereocenters. The zero-order valence-electron chi connectivity index (χ0n) is 19.9. The summed E-state index contributed by atoms with van der Waals surface area (Å²) in [6, 6.07) is 5.47. The SMILES string of the molecule is CC1c2nn(C)c(-c3cc(Cl)cc(C4(NS(C)(=O)=O)CC4)c3)c2CCN1C(=O)OC(C)(C)C. The maximum absolute atomic E-state index is 12.7. The Morgan fingerprint density at radius 3 is 2.52 bits per heavy atom. The monoisotopic (exact) mass is 494 g/mol. The Morgan fingerprint density at radius 1 is 1.27 bits per heavy atom. The van der Waals surface area contributed by atoms with Crippen molar-refractivity contribution in [2.45, 2.75) is 64.1 Å². The van der Waals surface area contributed by atoms with Gasteiger partial charge in [-0.05, 0) is 70.7 Å². The summed E-state index contributed by atoms with van der Waals surface area (Å²) in [7, 11) is -1.49. The minimum Gasteiger partial charge on any atom is -0.444 e. The second kappa shape index (κ2) is 7.99. The van der Waals surface area contributed by atoms with Gasteiger partial charge in [0.25, 0.3) is 0 Å². The van der Waals surface area contributed by atoms with Gasteiger partial charge in [-0.3, -0.25) is 9.58 Å². The molecule has 1 aliphatic carbocycles. The fourth-order valence-electron chi connectivity index (χ4n) is 4.61. The van der Waals surface area contributed by atoms with Crippen LogP contribution in [0.15, 0.2) is 18.2 Å². The number of carbonyl (C=O) groups is 1. The number of aromatic nitrogens is 2. The van der Waals surface area contributed by atoms with E-state index in [4.69, 9.17) is 21.4 Å². The van der Waals surface area contributed by atoms with Crippen molar-refractivity contribution >= 4 is 27.7 Å². The van der Waals surface area contributed by atoms with Crippen LogP contribution in [0.1, 0.15) is 63.4 Å². The summed E-state index contributed by atoms with van der Waals surface area (Å²) in [5, 5.41) is 5.29. The lowest BCUT2D eigenvalue weighted by Gasteiger charge is -2.34.